The van der Waals surface area contributed by atoms with Crippen LogP contribution in [0.1, 0.15) is 24.7 Å². The standard InChI is InChI=1S/C18H16ClN3O/c19-13-7-4-8-14-15(13)18(23)22(12-5-2-1-3-6-12)17(21-14)16(20)11-9-10-11/h1-8,11,16H,9-10,20H2. The van der Waals surface area contributed by atoms with E-state index in [4.69, 9.17) is 17.3 Å². The number of halogens is 1. The van der Waals surface area contributed by atoms with Crippen LogP contribution >= 0.6 is 11.6 Å². The zero-order chi connectivity index (χ0) is 16.0. The molecule has 23 heavy (non-hydrogen) atoms. The van der Waals surface area contributed by atoms with Crippen LogP contribution < -0.4 is 11.3 Å². The van der Waals surface area contributed by atoms with Crippen LogP contribution in [-0.4, -0.2) is 9.55 Å². The molecule has 1 aliphatic rings. The van der Waals surface area contributed by atoms with Crippen LogP contribution in [0.3, 0.4) is 0 Å². The number of benzene rings is 2. The third-order valence-corrected chi connectivity index (χ3v) is 4.63. The Morgan fingerprint density at radius 1 is 1.13 bits per heavy atom. The van der Waals surface area contributed by atoms with E-state index in [0.717, 1.165) is 18.5 Å². The van der Waals surface area contributed by atoms with Crippen LogP contribution in [0, 0.1) is 5.92 Å². The molecule has 0 radical (unpaired) electrons. The molecule has 0 saturated heterocycles. The first-order valence-electron chi connectivity index (χ1n) is 7.69. The largest absolute Gasteiger partial charge is 0.321 e. The Labute approximate surface area is 138 Å². The maximum absolute atomic E-state index is 13.1. The quantitative estimate of drug-likeness (QED) is 0.802. The van der Waals surface area contributed by atoms with E-state index in [1.165, 1.54) is 0 Å². The molecule has 2 N–H and O–H groups in total. The SMILES string of the molecule is NC(c1nc2cccc(Cl)c2c(=O)n1-c1ccccc1)C1CC1. The van der Waals surface area contributed by atoms with Gasteiger partial charge in [-0.25, -0.2) is 4.98 Å². The van der Waals surface area contributed by atoms with Crippen molar-refractivity contribution in [3.05, 3.63) is 69.7 Å². The highest BCUT2D eigenvalue weighted by Gasteiger charge is 2.33. The number of aromatic nitrogens is 2. The highest BCUT2D eigenvalue weighted by atomic mass is 35.5. The van der Waals surface area contributed by atoms with E-state index in [-0.39, 0.29) is 11.6 Å². The van der Waals surface area contributed by atoms with Gasteiger partial charge in [0.2, 0.25) is 0 Å². The summed E-state index contributed by atoms with van der Waals surface area (Å²) >= 11 is 6.24. The third kappa shape index (κ3) is 2.44. The van der Waals surface area contributed by atoms with Gasteiger partial charge in [0.1, 0.15) is 5.82 Å². The lowest BCUT2D eigenvalue weighted by Crippen LogP contribution is -2.29. The van der Waals surface area contributed by atoms with Gasteiger partial charge >= 0.3 is 0 Å². The van der Waals surface area contributed by atoms with E-state index in [1.54, 1.807) is 22.8 Å². The van der Waals surface area contributed by atoms with Crippen LogP contribution in [0.4, 0.5) is 0 Å². The van der Waals surface area contributed by atoms with Crippen LogP contribution in [0.15, 0.2) is 53.3 Å². The van der Waals surface area contributed by atoms with Gasteiger partial charge < -0.3 is 5.73 Å². The summed E-state index contributed by atoms with van der Waals surface area (Å²) in [7, 11) is 0. The average molecular weight is 326 g/mol. The number of para-hydroxylation sites is 1. The van der Waals surface area contributed by atoms with Crippen LogP contribution in [0.2, 0.25) is 5.02 Å². The normalized spacial score (nSPS) is 15.7. The van der Waals surface area contributed by atoms with Crippen molar-refractivity contribution in [2.45, 2.75) is 18.9 Å². The fraction of sp³-hybridized carbons (Fsp3) is 0.222. The maximum atomic E-state index is 13.1. The van der Waals surface area contributed by atoms with Gasteiger partial charge in [0.15, 0.2) is 0 Å². The van der Waals surface area contributed by atoms with E-state index < -0.39 is 0 Å². The molecule has 0 bridgehead atoms. The highest BCUT2D eigenvalue weighted by Crippen LogP contribution is 2.39. The molecule has 116 valence electrons. The molecule has 1 unspecified atom stereocenters. The molecular formula is C18H16ClN3O. The molecule has 4 rings (SSSR count). The van der Waals surface area contributed by atoms with Crippen molar-refractivity contribution >= 4 is 22.5 Å². The lowest BCUT2D eigenvalue weighted by Gasteiger charge is -2.18. The van der Waals surface area contributed by atoms with Crippen molar-refractivity contribution in [2.24, 2.45) is 11.7 Å². The topological polar surface area (TPSA) is 60.9 Å². The van der Waals surface area contributed by atoms with Crippen LogP contribution in [-0.2, 0) is 0 Å². The third-order valence-electron chi connectivity index (χ3n) is 4.32. The smallest absolute Gasteiger partial charge is 0.267 e. The number of fused-ring (bicyclic) bond motifs is 1. The van der Waals surface area contributed by atoms with Gasteiger partial charge in [-0.1, -0.05) is 35.9 Å². The first-order chi connectivity index (χ1) is 11.2. The van der Waals surface area contributed by atoms with E-state index in [1.807, 2.05) is 30.3 Å². The molecule has 0 amide bonds. The van der Waals surface area contributed by atoms with Gasteiger partial charge in [-0.2, -0.15) is 0 Å². The number of hydrogen-bond acceptors (Lipinski definition) is 3. The summed E-state index contributed by atoms with van der Waals surface area (Å²) in [5, 5.41) is 0.848. The average Bonchev–Trinajstić information content (AvgIpc) is 3.39. The molecule has 1 fully saturated rings. The molecule has 0 aliphatic heterocycles. The highest BCUT2D eigenvalue weighted by molar-refractivity contribution is 6.35. The number of nitrogens with zero attached hydrogens (tertiary/aromatic N) is 2. The predicted molar refractivity (Wildman–Crippen MR) is 92.0 cm³/mol. The molecular weight excluding hydrogens is 310 g/mol. The van der Waals surface area contributed by atoms with Gasteiger partial charge in [-0.15, -0.1) is 0 Å². The fourth-order valence-electron chi connectivity index (χ4n) is 2.92. The Morgan fingerprint density at radius 2 is 1.87 bits per heavy atom. The molecule has 1 aliphatic carbocycles. The van der Waals surface area contributed by atoms with Crippen molar-refractivity contribution < 1.29 is 0 Å². The molecule has 0 spiro atoms. The van der Waals surface area contributed by atoms with Gasteiger partial charge in [0.05, 0.1) is 27.7 Å². The van der Waals surface area contributed by atoms with E-state index in [9.17, 15) is 4.79 Å². The van der Waals surface area contributed by atoms with Gasteiger partial charge in [0, 0.05) is 0 Å². The summed E-state index contributed by atoms with van der Waals surface area (Å²) in [5.74, 6) is 1.01. The van der Waals surface area contributed by atoms with Gasteiger partial charge in [-0.3, -0.25) is 9.36 Å². The summed E-state index contributed by atoms with van der Waals surface area (Å²) in [6.45, 7) is 0. The second-order valence-corrected chi connectivity index (χ2v) is 6.35. The second-order valence-electron chi connectivity index (χ2n) is 5.94. The molecule has 5 heteroatoms. The predicted octanol–water partition coefficient (Wildman–Crippen LogP) is 3.45. The second kappa shape index (κ2) is 5.48. The summed E-state index contributed by atoms with van der Waals surface area (Å²) in [6.07, 6.45) is 2.17. The van der Waals surface area contributed by atoms with E-state index >= 15 is 0 Å². The Balaban J connectivity index is 2.08. The van der Waals surface area contributed by atoms with E-state index in [2.05, 4.69) is 4.98 Å². The first-order valence-corrected chi connectivity index (χ1v) is 8.07. The van der Waals surface area contributed by atoms with Crippen molar-refractivity contribution in [2.75, 3.05) is 0 Å². The number of rotatable bonds is 3. The van der Waals surface area contributed by atoms with Crippen molar-refractivity contribution in [1.82, 2.24) is 9.55 Å². The van der Waals surface area contributed by atoms with Crippen LogP contribution in [0.25, 0.3) is 16.6 Å². The zero-order valence-corrected chi connectivity index (χ0v) is 13.2. The lowest BCUT2D eigenvalue weighted by molar-refractivity contribution is 0.574. The Kier molecular flexibility index (Phi) is 3.43. The summed E-state index contributed by atoms with van der Waals surface area (Å²) < 4.78 is 1.61. The minimum atomic E-state index is -0.244. The molecule has 1 saturated carbocycles. The molecule has 1 atom stereocenters. The van der Waals surface area contributed by atoms with E-state index in [0.29, 0.717) is 27.7 Å². The Morgan fingerprint density at radius 3 is 2.57 bits per heavy atom. The van der Waals surface area contributed by atoms with Crippen molar-refractivity contribution in [3.8, 4) is 5.69 Å². The van der Waals surface area contributed by atoms with Crippen molar-refractivity contribution in [1.29, 1.82) is 0 Å². The number of nitrogens with two attached hydrogens (primary N) is 1. The zero-order valence-electron chi connectivity index (χ0n) is 12.4. The minimum absolute atomic E-state index is 0.169. The molecule has 2 aromatic carbocycles. The monoisotopic (exact) mass is 325 g/mol. The summed E-state index contributed by atoms with van der Waals surface area (Å²) in [6, 6.07) is 14.5. The molecule has 4 nitrogen and oxygen atoms in total. The van der Waals surface area contributed by atoms with Gasteiger partial charge in [-0.05, 0) is 43.0 Å². The summed E-state index contributed by atoms with van der Waals surface area (Å²) in [5.41, 5.74) is 7.57. The van der Waals surface area contributed by atoms with Crippen molar-refractivity contribution in [3.63, 3.8) is 0 Å². The molecule has 1 aromatic heterocycles. The fourth-order valence-corrected chi connectivity index (χ4v) is 3.17. The molecule has 1 heterocycles. The first kappa shape index (κ1) is 14.4. The molecule has 3 aromatic rings. The Bertz CT molecular complexity index is 932. The van der Waals surface area contributed by atoms with Crippen LogP contribution in [0.5, 0.6) is 0 Å². The minimum Gasteiger partial charge on any atom is -0.321 e. The maximum Gasteiger partial charge on any atom is 0.267 e. The van der Waals surface area contributed by atoms with Gasteiger partial charge in [0.25, 0.3) is 5.56 Å². The lowest BCUT2D eigenvalue weighted by atomic mass is 10.1. The summed E-state index contributed by atoms with van der Waals surface area (Å²) in [4.78, 5) is 17.8. The Hall–Kier alpha value is -2.17. The number of hydrogen-bond donors (Lipinski definition) is 1.